The highest BCUT2D eigenvalue weighted by Gasteiger charge is 2.16. The number of benzene rings is 1. The van der Waals surface area contributed by atoms with Crippen molar-refractivity contribution in [1.29, 1.82) is 0 Å². The van der Waals surface area contributed by atoms with Crippen molar-refractivity contribution >= 4 is 17.6 Å². The van der Waals surface area contributed by atoms with Crippen molar-refractivity contribution in [2.45, 2.75) is 0 Å². The van der Waals surface area contributed by atoms with Crippen molar-refractivity contribution in [2.75, 3.05) is 7.11 Å². The maximum Gasteiger partial charge on any atom is 0.339 e. The van der Waals surface area contributed by atoms with E-state index in [0.29, 0.717) is 16.3 Å². The van der Waals surface area contributed by atoms with Gasteiger partial charge in [0.05, 0.1) is 18.4 Å². The van der Waals surface area contributed by atoms with Gasteiger partial charge in [-0.15, -0.1) is 0 Å². The van der Waals surface area contributed by atoms with Crippen molar-refractivity contribution in [3.05, 3.63) is 41.1 Å². The molecule has 0 amide bonds. The molecular formula is C12H9ClO4. The number of halogens is 1. The summed E-state index contributed by atoms with van der Waals surface area (Å²) in [5, 5.41) is 9.28. The van der Waals surface area contributed by atoms with Crippen LogP contribution in [0, 0.1) is 0 Å². The van der Waals surface area contributed by atoms with E-state index < -0.39 is 5.97 Å². The minimum absolute atomic E-state index is 0.0211. The number of rotatable bonds is 3. The molecule has 88 valence electrons. The SMILES string of the molecule is COc1cc(-c2ccco2)c(Cl)cc1C(=O)O. The second kappa shape index (κ2) is 4.51. The molecule has 0 fully saturated rings. The van der Waals surface area contributed by atoms with Gasteiger partial charge in [-0.2, -0.15) is 0 Å². The topological polar surface area (TPSA) is 59.7 Å². The molecule has 0 saturated heterocycles. The third-order valence-corrected chi connectivity index (χ3v) is 2.62. The standard InChI is InChI=1S/C12H9ClO4/c1-16-11-6-7(10-3-2-4-17-10)9(13)5-8(11)12(14)15/h2-6H,1H3,(H,14,15). The first-order chi connectivity index (χ1) is 8.13. The van der Waals surface area contributed by atoms with Crippen LogP contribution < -0.4 is 4.74 Å². The van der Waals surface area contributed by atoms with E-state index in [-0.39, 0.29) is 11.3 Å². The van der Waals surface area contributed by atoms with Crippen LogP contribution in [0.1, 0.15) is 10.4 Å². The zero-order valence-electron chi connectivity index (χ0n) is 8.94. The van der Waals surface area contributed by atoms with Crippen LogP contribution in [-0.2, 0) is 0 Å². The molecule has 4 nitrogen and oxygen atoms in total. The predicted octanol–water partition coefficient (Wildman–Crippen LogP) is 3.31. The Labute approximate surface area is 102 Å². The number of methoxy groups -OCH3 is 1. The van der Waals surface area contributed by atoms with Crippen molar-refractivity contribution in [3.63, 3.8) is 0 Å². The van der Waals surface area contributed by atoms with E-state index in [1.807, 2.05) is 0 Å². The van der Waals surface area contributed by atoms with E-state index in [9.17, 15) is 4.79 Å². The Kier molecular flexibility index (Phi) is 3.06. The van der Waals surface area contributed by atoms with E-state index in [2.05, 4.69) is 0 Å². The zero-order valence-corrected chi connectivity index (χ0v) is 9.69. The number of hydrogen-bond donors (Lipinski definition) is 1. The van der Waals surface area contributed by atoms with Gasteiger partial charge >= 0.3 is 5.97 Å². The molecular weight excluding hydrogens is 244 g/mol. The Bertz CT molecular complexity index is 546. The smallest absolute Gasteiger partial charge is 0.339 e. The summed E-state index contributed by atoms with van der Waals surface area (Å²) in [6.07, 6.45) is 1.52. The van der Waals surface area contributed by atoms with Crippen LogP contribution in [0.4, 0.5) is 0 Å². The van der Waals surface area contributed by atoms with E-state index in [1.165, 1.54) is 19.4 Å². The van der Waals surface area contributed by atoms with Crippen molar-refractivity contribution in [1.82, 2.24) is 0 Å². The highest BCUT2D eigenvalue weighted by atomic mass is 35.5. The molecule has 1 heterocycles. The molecule has 2 aromatic rings. The van der Waals surface area contributed by atoms with E-state index in [1.54, 1.807) is 18.2 Å². The normalized spacial score (nSPS) is 10.2. The number of hydrogen-bond acceptors (Lipinski definition) is 3. The average molecular weight is 253 g/mol. The number of furan rings is 1. The molecule has 2 rings (SSSR count). The predicted molar refractivity (Wildman–Crippen MR) is 62.7 cm³/mol. The summed E-state index contributed by atoms with van der Waals surface area (Å²) in [5.74, 6) is -0.284. The molecule has 1 aromatic carbocycles. The number of carbonyl (C=O) groups is 1. The fraction of sp³-hybridized carbons (Fsp3) is 0.0833. The maximum absolute atomic E-state index is 11.0. The molecule has 0 aliphatic carbocycles. The summed E-state index contributed by atoms with van der Waals surface area (Å²) in [5.41, 5.74) is 0.617. The largest absolute Gasteiger partial charge is 0.496 e. The second-order valence-electron chi connectivity index (χ2n) is 3.31. The second-order valence-corrected chi connectivity index (χ2v) is 3.72. The van der Waals surface area contributed by atoms with Gasteiger partial charge in [-0.25, -0.2) is 4.79 Å². The van der Waals surface area contributed by atoms with E-state index >= 15 is 0 Å². The van der Waals surface area contributed by atoms with Gasteiger partial charge in [-0.05, 0) is 24.3 Å². The lowest BCUT2D eigenvalue weighted by Gasteiger charge is -2.08. The van der Waals surface area contributed by atoms with Crippen molar-refractivity contribution in [2.24, 2.45) is 0 Å². The minimum atomic E-state index is -1.09. The maximum atomic E-state index is 11.0. The lowest BCUT2D eigenvalue weighted by atomic mass is 10.1. The lowest BCUT2D eigenvalue weighted by molar-refractivity contribution is 0.0693. The molecule has 0 unspecified atom stereocenters. The first kappa shape index (κ1) is 11.5. The summed E-state index contributed by atoms with van der Waals surface area (Å²) in [4.78, 5) is 11.0. The monoisotopic (exact) mass is 252 g/mol. The van der Waals surface area contributed by atoms with Gasteiger partial charge in [0.2, 0.25) is 0 Å². The highest BCUT2D eigenvalue weighted by Crippen LogP contribution is 2.34. The van der Waals surface area contributed by atoms with Crippen molar-refractivity contribution < 1.29 is 19.1 Å². The fourth-order valence-corrected chi connectivity index (χ4v) is 1.77. The summed E-state index contributed by atoms with van der Waals surface area (Å²) in [6.45, 7) is 0. The Morgan fingerprint density at radius 3 is 2.76 bits per heavy atom. The molecule has 0 aliphatic rings. The first-order valence-electron chi connectivity index (χ1n) is 4.78. The molecule has 0 spiro atoms. The Balaban J connectivity index is 2.60. The summed E-state index contributed by atoms with van der Waals surface area (Å²) in [7, 11) is 1.40. The van der Waals surface area contributed by atoms with Crippen LogP contribution in [0.3, 0.4) is 0 Å². The molecule has 5 heteroatoms. The van der Waals surface area contributed by atoms with Crippen LogP contribution in [-0.4, -0.2) is 18.2 Å². The minimum Gasteiger partial charge on any atom is -0.496 e. The number of aromatic carboxylic acids is 1. The van der Waals surface area contributed by atoms with Crippen LogP contribution in [0.2, 0.25) is 5.02 Å². The van der Waals surface area contributed by atoms with Gasteiger partial charge in [0.1, 0.15) is 17.1 Å². The molecule has 1 aromatic heterocycles. The summed E-state index contributed by atoms with van der Waals surface area (Å²) in [6, 6.07) is 6.36. The zero-order chi connectivity index (χ0) is 12.4. The first-order valence-corrected chi connectivity index (χ1v) is 5.16. The number of carboxylic acids is 1. The third kappa shape index (κ3) is 2.12. The van der Waals surface area contributed by atoms with E-state index in [0.717, 1.165) is 0 Å². The summed E-state index contributed by atoms with van der Waals surface area (Å²) < 4.78 is 10.2. The van der Waals surface area contributed by atoms with Crippen LogP contribution in [0.5, 0.6) is 5.75 Å². The van der Waals surface area contributed by atoms with E-state index in [4.69, 9.17) is 25.9 Å². The van der Waals surface area contributed by atoms with Gasteiger partial charge in [0.15, 0.2) is 0 Å². The molecule has 0 aliphatic heterocycles. The van der Waals surface area contributed by atoms with Gasteiger partial charge in [-0.1, -0.05) is 11.6 Å². The van der Waals surface area contributed by atoms with Gasteiger partial charge in [0, 0.05) is 5.56 Å². The number of ether oxygens (including phenoxy) is 1. The quantitative estimate of drug-likeness (QED) is 0.910. The van der Waals surface area contributed by atoms with Gasteiger partial charge in [-0.3, -0.25) is 0 Å². The number of carboxylic acid groups (broad SMARTS) is 1. The molecule has 0 bridgehead atoms. The molecule has 1 N–H and O–H groups in total. The Morgan fingerprint density at radius 2 is 2.24 bits per heavy atom. The third-order valence-electron chi connectivity index (χ3n) is 2.31. The van der Waals surface area contributed by atoms with Crippen LogP contribution in [0.25, 0.3) is 11.3 Å². The fourth-order valence-electron chi connectivity index (χ4n) is 1.51. The van der Waals surface area contributed by atoms with Gasteiger partial charge < -0.3 is 14.3 Å². The Morgan fingerprint density at radius 1 is 1.47 bits per heavy atom. The molecule has 0 saturated carbocycles. The van der Waals surface area contributed by atoms with Crippen LogP contribution in [0.15, 0.2) is 34.9 Å². The molecule has 0 radical (unpaired) electrons. The average Bonchev–Trinajstić information content (AvgIpc) is 2.82. The summed E-state index contributed by atoms with van der Waals surface area (Å²) >= 11 is 6.01. The lowest BCUT2D eigenvalue weighted by Crippen LogP contribution is -2.01. The van der Waals surface area contributed by atoms with Crippen LogP contribution >= 0.6 is 11.6 Å². The highest BCUT2D eigenvalue weighted by molar-refractivity contribution is 6.33. The molecule has 17 heavy (non-hydrogen) atoms. The molecule has 0 atom stereocenters. The Hall–Kier alpha value is -1.94. The van der Waals surface area contributed by atoms with Gasteiger partial charge in [0.25, 0.3) is 0 Å². The van der Waals surface area contributed by atoms with Crippen molar-refractivity contribution in [3.8, 4) is 17.1 Å².